The molecule has 0 unspecified atom stereocenters. The number of rotatable bonds is 10. The number of esters is 1. The Morgan fingerprint density at radius 1 is 0.897 bits per heavy atom. The molecule has 10 nitrogen and oxygen atoms in total. The van der Waals surface area contributed by atoms with Crippen molar-refractivity contribution in [2.45, 2.75) is 64.6 Å². The summed E-state index contributed by atoms with van der Waals surface area (Å²) >= 11 is 0. The van der Waals surface area contributed by atoms with Gasteiger partial charge in [0.05, 0.1) is 0 Å². The summed E-state index contributed by atoms with van der Waals surface area (Å²) in [5.74, 6) is -2.72. The van der Waals surface area contributed by atoms with Crippen LogP contribution in [0, 0.1) is 5.92 Å². The van der Waals surface area contributed by atoms with E-state index in [9.17, 15) is 24.3 Å². The fourth-order valence-corrected chi connectivity index (χ4v) is 4.32. The molecule has 2 aromatic rings. The summed E-state index contributed by atoms with van der Waals surface area (Å²) in [6, 6.07) is 13.3. The number of nitrogens with one attached hydrogen (secondary N) is 2. The maximum Gasteiger partial charge on any atom is 0.408 e. The molecule has 10 heteroatoms. The fraction of sp³-hybridized carbons (Fsp3) is 0.448. The van der Waals surface area contributed by atoms with E-state index in [1.165, 1.54) is 0 Å². The standard InChI is InChI=1S/C29H36N2O8/c1-6-17(2)24(26(34)37-16-23(25(32)33)30-28(36)39-29(3,4)5)31-27(35)38-15-22-20-13-9-7-11-18(20)19-12-8-10-14-21(19)22/h7-14,17,22-24H,6,15-16H2,1-5H3,(H,30,36)(H,31,35)(H,32,33)/t17-,23+,24-/m0/s1. The molecule has 3 rings (SSSR count). The average molecular weight is 541 g/mol. The van der Waals surface area contributed by atoms with E-state index in [0.717, 1.165) is 22.3 Å². The molecule has 0 spiro atoms. The maximum absolute atomic E-state index is 12.9. The minimum absolute atomic E-state index is 0.0725. The van der Waals surface area contributed by atoms with Crippen LogP contribution in [-0.2, 0) is 23.8 Å². The van der Waals surface area contributed by atoms with Gasteiger partial charge in [-0.15, -0.1) is 0 Å². The smallest absolute Gasteiger partial charge is 0.408 e. The van der Waals surface area contributed by atoms with Gasteiger partial charge in [-0.1, -0.05) is 68.8 Å². The molecule has 0 radical (unpaired) electrons. The Bertz CT molecular complexity index is 1160. The van der Waals surface area contributed by atoms with Gasteiger partial charge in [0.2, 0.25) is 0 Å². The van der Waals surface area contributed by atoms with Crippen LogP contribution in [0.4, 0.5) is 9.59 Å². The highest BCUT2D eigenvalue weighted by Crippen LogP contribution is 2.44. The number of alkyl carbamates (subject to hydrolysis) is 2. The first-order chi connectivity index (χ1) is 18.4. The van der Waals surface area contributed by atoms with E-state index >= 15 is 0 Å². The quantitative estimate of drug-likeness (QED) is 0.296. The van der Waals surface area contributed by atoms with Crippen LogP contribution in [0.15, 0.2) is 48.5 Å². The first-order valence-electron chi connectivity index (χ1n) is 12.9. The van der Waals surface area contributed by atoms with Crippen molar-refractivity contribution in [3.63, 3.8) is 0 Å². The van der Waals surface area contributed by atoms with Crippen LogP contribution in [0.1, 0.15) is 58.1 Å². The monoisotopic (exact) mass is 540 g/mol. The second-order valence-corrected chi connectivity index (χ2v) is 10.5. The summed E-state index contributed by atoms with van der Waals surface area (Å²) in [4.78, 5) is 49.2. The van der Waals surface area contributed by atoms with Crippen LogP contribution in [0.25, 0.3) is 11.1 Å². The van der Waals surface area contributed by atoms with Crippen molar-refractivity contribution in [3.05, 3.63) is 59.7 Å². The number of carbonyl (C=O) groups excluding carboxylic acids is 3. The number of carbonyl (C=O) groups is 4. The molecule has 2 aromatic carbocycles. The van der Waals surface area contributed by atoms with Gasteiger partial charge in [-0.25, -0.2) is 19.2 Å². The van der Waals surface area contributed by atoms with E-state index in [-0.39, 0.29) is 18.4 Å². The highest BCUT2D eigenvalue weighted by Gasteiger charge is 2.33. The van der Waals surface area contributed by atoms with Gasteiger partial charge in [0, 0.05) is 5.92 Å². The first-order valence-corrected chi connectivity index (χ1v) is 12.9. The van der Waals surface area contributed by atoms with E-state index in [1.807, 2.05) is 55.5 Å². The van der Waals surface area contributed by atoms with Gasteiger partial charge < -0.3 is 30.0 Å². The van der Waals surface area contributed by atoms with Crippen LogP contribution < -0.4 is 10.6 Å². The van der Waals surface area contributed by atoms with Gasteiger partial charge in [0.1, 0.15) is 24.9 Å². The van der Waals surface area contributed by atoms with Crippen molar-refractivity contribution in [2.24, 2.45) is 5.92 Å². The topological polar surface area (TPSA) is 140 Å². The van der Waals surface area contributed by atoms with Crippen LogP contribution in [-0.4, -0.2) is 60.1 Å². The zero-order valence-corrected chi connectivity index (χ0v) is 22.9. The van der Waals surface area contributed by atoms with Gasteiger partial charge in [-0.2, -0.15) is 0 Å². The molecule has 2 amide bonds. The van der Waals surface area contributed by atoms with E-state index in [1.54, 1.807) is 27.7 Å². The summed E-state index contributed by atoms with van der Waals surface area (Å²) < 4.78 is 15.8. The molecule has 0 saturated carbocycles. The van der Waals surface area contributed by atoms with Crippen molar-refractivity contribution >= 4 is 24.1 Å². The molecule has 3 N–H and O–H groups in total. The highest BCUT2D eigenvalue weighted by atomic mass is 16.6. The van der Waals surface area contributed by atoms with Crippen molar-refractivity contribution in [2.75, 3.05) is 13.2 Å². The molecular weight excluding hydrogens is 504 g/mol. The lowest BCUT2D eigenvalue weighted by atomic mass is 9.98. The number of benzene rings is 2. The molecule has 39 heavy (non-hydrogen) atoms. The molecule has 1 aliphatic rings. The second kappa shape index (κ2) is 12.6. The van der Waals surface area contributed by atoms with E-state index < -0.39 is 48.4 Å². The molecule has 0 saturated heterocycles. The summed E-state index contributed by atoms with van der Waals surface area (Å²) in [7, 11) is 0. The normalized spacial score (nSPS) is 14.7. The predicted molar refractivity (Wildman–Crippen MR) is 143 cm³/mol. The van der Waals surface area contributed by atoms with Crippen molar-refractivity contribution in [1.82, 2.24) is 10.6 Å². The molecule has 0 bridgehead atoms. The van der Waals surface area contributed by atoms with Crippen molar-refractivity contribution in [1.29, 1.82) is 0 Å². The zero-order chi connectivity index (χ0) is 28.7. The van der Waals surface area contributed by atoms with Crippen molar-refractivity contribution in [3.8, 4) is 11.1 Å². The third-order valence-electron chi connectivity index (χ3n) is 6.47. The van der Waals surface area contributed by atoms with E-state index in [4.69, 9.17) is 14.2 Å². The lowest BCUT2D eigenvalue weighted by molar-refractivity contribution is -0.151. The van der Waals surface area contributed by atoms with Gasteiger partial charge >= 0.3 is 24.1 Å². The third-order valence-corrected chi connectivity index (χ3v) is 6.47. The molecule has 0 aliphatic heterocycles. The number of aliphatic carboxylic acids is 1. The maximum atomic E-state index is 12.9. The molecule has 3 atom stereocenters. The van der Waals surface area contributed by atoms with Crippen molar-refractivity contribution < 1.29 is 38.5 Å². The Kier molecular flexibility index (Phi) is 9.56. The third kappa shape index (κ3) is 7.72. The largest absolute Gasteiger partial charge is 0.480 e. The number of hydrogen-bond donors (Lipinski definition) is 3. The summed E-state index contributed by atoms with van der Waals surface area (Å²) in [6.07, 6.45) is -1.22. The van der Waals surface area contributed by atoms with Gasteiger partial charge in [0.25, 0.3) is 0 Å². The summed E-state index contributed by atoms with van der Waals surface area (Å²) in [5, 5.41) is 14.2. The number of ether oxygens (including phenoxy) is 3. The minimum Gasteiger partial charge on any atom is -0.480 e. The Labute approximate surface area is 228 Å². The Balaban J connectivity index is 1.61. The molecule has 0 fully saturated rings. The Morgan fingerprint density at radius 2 is 1.46 bits per heavy atom. The van der Waals surface area contributed by atoms with Gasteiger partial charge in [-0.3, -0.25) is 0 Å². The average Bonchev–Trinajstić information content (AvgIpc) is 3.20. The lowest BCUT2D eigenvalue weighted by Crippen LogP contribution is -2.49. The van der Waals surface area contributed by atoms with Gasteiger partial charge in [-0.05, 0) is 48.9 Å². The molecule has 0 heterocycles. The number of carboxylic acids is 1. The number of amides is 2. The number of fused-ring (bicyclic) bond motifs is 3. The molecule has 0 aromatic heterocycles. The molecule has 1 aliphatic carbocycles. The predicted octanol–water partition coefficient (Wildman–Crippen LogP) is 4.46. The SMILES string of the molecule is CC[C@H](C)[C@H](NC(=O)OCC1c2ccccc2-c2ccccc21)C(=O)OC[C@@H](NC(=O)OC(C)(C)C)C(=O)O. The van der Waals surface area contributed by atoms with Crippen LogP contribution in [0.2, 0.25) is 0 Å². The Hall–Kier alpha value is -4.08. The highest BCUT2D eigenvalue weighted by molar-refractivity contribution is 5.84. The van der Waals surface area contributed by atoms with E-state index in [0.29, 0.717) is 6.42 Å². The Morgan fingerprint density at radius 3 is 1.97 bits per heavy atom. The zero-order valence-electron chi connectivity index (χ0n) is 22.9. The van der Waals surface area contributed by atoms with Crippen LogP contribution >= 0.6 is 0 Å². The lowest BCUT2D eigenvalue weighted by Gasteiger charge is -2.24. The number of hydrogen-bond acceptors (Lipinski definition) is 7. The summed E-state index contributed by atoms with van der Waals surface area (Å²) in [6.45, 7) is 7.92. The first kappa shape index (κ1) is 29.5. The second-order valence-electron chi connectivity index (χ2n) is 10.5. The molecular formula is C29H36N2O8. The molecule has 210 valence electrons. The van der Waals surface area contributed by atoms with Crippen LogP contribution in [0.3, 0.4) is 0 Å². The minimum atomic E-state index is -1.53. The summed E-state index contributed by atoms with van der Waals surface area (Å²) in [5.41, 5.74) is 3.47. The van der Waals surface area contributed by atoms with Gasteiger partial charge in [0.15, 0.2) is 6.04 Å². The van der Waals surface area contributed by atoms with Crippen LogP contribution in [0.5, 0.6) is 0 Å². The fourth-order valence-electron chi connectivity index (χ4n) is 4.32. The van der Waals surface area contributed by atoms with E-state index in [2.05, 4.69) is 10.6 Å². The number of carboxylic acid groups (broad SMARTS) is 1.